The molecule has 7 nitrogen and oxygen atoms in total. The van der Waals surface area contributed by atoms with Crippen molar-refractivity contribution in [3.8, 4) is 11.5 Å². The van der Waals surface area contributed by atoms with E-state index in [0.717, 1.165) is 12.0 Å². The normalized spacial score (nSPS) is 12.1. The first-order valence-electron chi connectivity index (χ1n) is 9.66. The van der Waals surface area contributed by atoms with Gasteiger partial charge in [0.1, 0.15) is 15.9 Å². The van der Waals surface area contributed by atoms with Gasteiger partial charge in [0, 0.05) is 43.5 Å². The molecule has 4 rings (SSSR count). The molecule has 0 radical (unpaired) electrons. The van der Waals surface area contributed by atoms with Gasteiger partial charge in [-0.15, -0.1) is 11.3 Å². The second-order valence-corrected chi connectivity index (χ2v) is 7.91. The van der Waals surface area contributed by atoms with Crippen LogP contribution in [-0.2, 0) is 0 Å². The van der Waals surface area contributed by atoms with Crippen LogP contribution in [-0.4, -0.2) is 44.3 Å². The highest BCUT2D eigenvalue weighted by molar-refractivity contribution is 7.17. The van der Waals surface area contributed by atoms with Crippen LogP contribution in [0.15, 0.2) is 59.1 Å². The van der Waals surface area contributed by atoms with Crippen molar-refractivity contribution in [2.24, 2.45) is 0 Å². The van der Waals surface area contributed by atoms with Crippen molar-refractivity contribution in [3.63, 3.8) is 0 Å². The number of thiophene rings is 1. The molecule has 8 heteroatoms. The summed E-state index contributed by atoms with van der Waals surface area (Å²) in [6, 6.07) is 9.34. The van der Waals surface area contributed by atoms with Gasteiger partial charge in [0.25, 0.3) is 11.5 Å². The average Bonchev–Trinajstić information content (AvgIpc) is 3.22. The maximum absolute atomic E-state index is 13.2. The Balaban J connectivity index is 1.66. The van der Waals surface area contributed by atoms with E-state index in [1.165, 1.54) is 11.3 Å². The van der Waals surface area contributed by atoms with Gasteiger partial charge in [-0.3, -0.25) is 19.6 Å². The molecule has 0 saturated carbocycles. The van der Waals surface area contributed by atoms with Gasteiger partial charge in [0.05, 0.1) is 5.56 Å². The molecule has 1 N–H and O–H groups in total. The Morgan fingerprint density at radius 1 is 1.20 bits per heavy atom. The molecular formula is C22H21N5O2S. The minimum atomic E-state index is -0.268. The smallest absolute Gasteiger partial charge is 0.269 e. The molecular weight excluding hydrogens is 398 g/mol. The summed E-state index contributed by atoms with van der Waals surface area (Å²) in [5, 5.41) is 1.71. The van der Waals surface area contributed by atoms with Gasteiger partial charge in [-0.25, -0.2) is 4.98 Å². The SMILES string of the molecule is CCC(CN(C)C(=O)c1csc2c(=O)[nH]c(-c3ccccn3)nc12)c1ccncc1. The van der Waals surface area contributed by atoms with Gasteiger partial charge >= 0.3 is 0 Å². The van der Waals surface area contributed by atoms with E-state index in [2.05, 4.69) is 26.9 Å². The Morgan fingerprint density at radius 3 is 2.70 bits per heavy atom. The number of carbonyl (C=O) groups excluding carboxylic acids is 1. The molecule has 152 valence electrons. The minimum Gasteiger partial charge on any atom is -0.341 e. The summed E-state index contributed by atoms with van der Waals surface area (Å²) < 4.78 is 0.438. The predicted octanol–water partition coefficient (Wildman–Crippen LogP) is 3.71. The maximum Gasteiger partial charge on any atom is 0.269 e. The number of pyridine rings is 2. The molecule has 0 fully saturated rings. The Morgan fingerprint density at radius 2 is 2.00 bits per heavy atom. The molecule has 0 aliphatic heterocycles. The third-order valence-electron chi connectivity index (χ3n) is 5.08. The molecule has 4 aromatic heterocycles. The van der Waals surface area contributed by atoms with Crippen LogP contribution in [0.4, 0.5) is 0 Å². The summed E-state index contributed by atoms with van der Waals surface area (Å²) >= 11 is 1.23. The molecule has 4 heterocycles. The van der Waals surface area contributed by atoms with Gasteiger partial charge in [-0.05, 0) is 36.2 Å². The zero-order valence-electron chi connectivity index (χ0n) is 16.7. The van der Waals surface area contributed by atoms with Crippen molar-refractivity contribution >= 4 is 27.5 Å². The maximum atomic E-state index is 13.2. The number of hydrogen-bond acceptors (Lipinski definition) is 6. The summed E-state index contributed by atoms with van der Waals surface area (Å²) in [6.45, 7) is 2.66. The molecule has 1 atom stereocenters. The summed E-state index contributed by atoms with van der Waals surface area (Å²) in [4.78, 5) is 43.1. The first-order valence-corrected chi connectivity index (χ1v) is 10.5. The molecule has 1 amide bonds. The lowest BCUT2D eigenvalue weighted by molar-refractivity contribution is 0.0787. The van der Waals surface area contributed by atoms with Crippen molar-refractivity contribution < 1.29 is 4.79 Å². The van der Waals surface area contributed by atoms with E-state index >= 15 is 0 Å². The molecule has 0 aliphatic carbocycles. The fraction of sp³-hybridized carbons (Fsp3) is 0.227. The lowest BCUT2D eigenvalue weighted by Gasteiger charge is -2.23. The van der Waals surface area contributed by atoms with Gasteiger partial charge in [-0.2, -0.15) is 0 Å². The Labute approximate surface area is 177 Å². The van der Waals surface area contributed by atoms with E-state index < -0.39 is 0 Å². The topological polar surface area (TPSA) is 91.8 Å². The number of aromatic nitrogens is 4. The van der Waals surface area contributed by atoms with Gasteiger partial charge < -0.3 is 9.88 Å². The third-order valence-corrected chi connectivity index (χ3v) is 6.04. The van der Waals surface area contributed by atoms with Crippen LogP contribution in [0.25, 0.3) is 21.7 Å². The summed E-state index contributed by atoms with van der Waals surface area (Å²) in [7, 11) is 1.78. The minimum absolute atomic E-state index is 0.154. The number of hydrogen-bond donors (Lipinski definition) is 1. The van der Waals surface area contributed by atoms with Crippen LogP contribution in [0.1, 0.15) is 35.2 Å². The monoisotopic (exact) mass is 419 g/mol. The zero-order chi connectivity index (χ0) is 21.1. The molecule has 1 unspecified atom stereocenters. The van der Waals surface area contributed by atoms with E-state index in [9.17, 15) is 9.59 Å². The third kappa shape index (κ3) is 3.86. The summed E-state index contributed by atoms with van der Waals surface area (Å²) in [5.74, 6) is 0.401. The Bertz CT molecular complexity index is 1220. The van der Waals surface area contributed by atoms with E-state index in [4.69, 9.17) is 0 Å². The number of aromatic amines is 1. The van der Waals surface area contributed by atoms with Crippen LogP contribution in [0.3, 0.4) is 0 Å². The van der Waals surface area contributed by atoms with E-state index in [1.807, 2.05) is 18.2 Å². The Kier molecular flexibility index (Phi) is 5.67. The first kappa shape index (κ1) is 19.9. The van der Waals surface area contributed by atoms with Crippen molar-refractivity contribution in [2.75, 3.05) is 13.6 Å². The number of H-pyrrole nitrogens is 1. The number of amides is 1. The molecule has 0 aromatic carbocycles. The highest BCUT2D eigenvalue weighted by Crippen LogP contribution is 2.26. The molecule has 0 bridgehead atoms. The summed E-state index contributed by atoms with van der Waals surface area (Å²) in [5.41, 5.74) is 2.28. The Hall–Kier alpha value is -3.39. The highest BCUT2D eigenvalue weighted by Gasteiger charge is 2.22. The average molecular weight is 420 g/mol. The van der Waals surface area contributed by atoms with E-state index in [1.54, 1.807) is 48.1 Å². The van der Waals surface area contributed by atoms with Crippen molar-refractivity contribution in [1.29, 1.82) is 0 Å². The first-order chi connectivity index (χ1) is 14.6. The summed E-state index contributed by atoms with van der Waals surface area (Å²) in [6.07, 6.45) is 6.06. The van der Waals surface area contributed by atoms with E-state index in [-0.39, 0.29) is 17.4 Å². The zero-order valence-corrected chi connectivity index (χ0v) is 17.5. The van der Waals surface area contributed by atoms with Crippen molar-refractivity contribution in [2.45, 2.75) is 19.3 Å². The molecule has 0 aliphatic rings. The lowest BCUT2D eigenvalue weighted by Crippen LogP contribution is -2.31. The molecule has 0 spiro atoms. The second-order valence-electron chi connectivity index (χ2n) is 7.03. The number of rotatable bonds is 6. The lowest BCUT2D eigenvalue weighted by atomic mass is 9.97. The molecule has 0 saturated heterocycles. The standard InChI is InChI=1S/C22H21N5O2S/c1-3-14(15-7-10-23-11-8-15)12-27(2)22(29)16-13-30-19-18(16)25-20(26-21(19)28)17-6-4-5-9-24-17/h4-11,13-14H,3,12H2,1-2H3,(H,25,26,28). The van der Waals surface area contributed by atoms with Crippen LogP contribution >= 0.6 is 11.3 Å². The fourth-order valence-electron chi connectivity index (χ4n) is 3.43. The second kappa shape index (κ2) is 8.54. The molecule has 30 heavy (non-hydrogen) atoms. The number of nitrogens with one attached hydrogen (secondary N) is 1. The van der Waals surface area contributed by atoms with Crippen LogP contribution in [0, 0.1) is 0 Å². The largest absolute Gasteiger partial charge is 0.341 e. The van der Waals surface area contributed by atoms with Gasteiger partial charge in [-0.1, -0.05) is 13.0 Å². The van der Waals surface area contributed by atoms with E-state index in [0.29, 0.717) is 33.8 Å². The highest BCUT2D eigenvalue weighted by atomic mass is 32.1. The molecule has 4 aromatic rings. The van der Waals surface area contributed by atoms with Gasteiger partial charge in [0.2, 0.25) is 0 Å². The number of nitrogens with zero attached hydrogens (tertiary/aromatic N) is 4. The quantitative estimate of drug-likeness (QED) is 0.514. The van der Waals surface area contributed by atoms with Crippen LogP contribution in [0.5, 0.6) is 0 Å². The fourth-order valence-corrected chi connectivity index (χ4v) is 4.30. The van der Waals surface area contributed by atoms with Crippen molar-refractivity contribution in [1.82, 2.24) is 24.8 Å². The number of carbonyl (C=O) groups is 1. The number of fused-ring (bicyclic) bond motifs is 1. The number of likely N-dealkylation sites (N-methyl/N-ethyl adjacent to an activating group) is 1. The van der Waals surface area contributed by atoms with Crippen LogP contribution in [0.2, 0.25) is 0 Å². The van der Waals surface area contributed by atoms with Gasteiger partial charge in [0.15, 0.2) is 5.82 Å². The van der Waals surface area contributed by atoms with Crippen molar-refractivity contribution in [3.05, 3.63) is 75.8 Å². The predicted molar refractivity (Wildman–Crippen MR) is 118 cm³/mol. The van der Waals surface area contributed by atoms with Crippen LogP contribution < -0.4 is 5.56 Å².